The molecule has 5 heteroatoms. The molecule has 0 bridgehead atoms. The third-order valence-corrected chi connectivity index (χ3v) is 3.19. The van der Waals surface area contributed by atoms with Gasteiger partial charge in [-0.1, -0.05) is 31.2 Å². The average Bonchev–Trinajstić information content (AvgIpc) is 2.94. The maximum absolute atomic E-state index is 4.27. The minimum atomic E-state index is 0.751. The molecule has 0 saturated heterocycles. The van der Waals surface area contributed by atoms with E-state index in [-0.39, 0.29) is 0 Å². The number of nitrogens with zero attached hydrogens (tertiary/aromatic N) is 3. The van der Waals surface area contributed by atoms with Gasteiger partial charge >= 0.3 is 0 Å². The summed E-state index contributed by atoms with van der Waals surface area (Å²) in [6.07, 6.45) is 4.31. The number of aromatic amines is 1. The first-order valence-electron chi connectivity index (χ1n) is 6.33. The first kappa shape index (κ1) is 11.6. The van der Waals surface area contributed by atoms with Crippen LogP contribution in [-0.4, -0.2) is 20.2 Å². The minimum Gasteiger partial charge on any atom is -0.365 e. The molecule has 0 saturated carbocycles. The molecular formula is C14H15N5. The molecular weight excluding hydrogens is 238 g/mol. The highest BCUT2D eigenvalue weighted by Crippen LogP contribution is 2.18. The summed E-state index contributed by atoms with van der Waals surface area (Å²) in [5.74, 6) is 0.810. The Morgan fingerprint density at radius 1 is 1.16 bits per heavy atom. The van der Waals surface area contributed by atoms with Gasteiger partial charge in [0.2, 0.25) is 0 Å². The lowest BCUT2D eigenvalue weighted by atomic mass is 10.1. The monoisotopic (exact) mass is 253 g/mol. The number of H-pyrrole nitrogens is 1. The molecule has 2 N–H and O–H groups in total. The Morgan fingerprint density at radius 2 is 2.00 bits per heavy atom. The molecule has 0 amide bonds. The van der Waals surface area contributed by atoms with Crippen LogP contribution in [0.5, 0.6) is 0 Å². The number of benzene rings is 1. The van der Waals surface area contributed by atoms with Crippen LogP contribution in [0.2, 0.25) is 0 Å². The van der Waals surface area contributed by atoms with Crippen LogP contribution < -0.4 is 5.32 Å². The van der Waals surface area contributed by atoms with Gasteiger partial charge in [-0.25, -0.2) is 9.97 Å². The highest BCUT2D eigenvalue weighted by molar-refractivity contribution is 5.85. The zero-order valence-electron chi connectivity index (χ0n) is 10.7. The summed E-state index contributed by atoms with van der Waals surface area (Å²) in [6, 6.07) is 8.43. The minimum absolute atomic E-state index is 0.751. The molecule has 3 rings (SSSR count). The fraction of sp³-hybridized carbons (Fsp3) is 0.214. The van der Waals surface area contributed by atoms with E-state index in [2.05, 4.69) is 56.7 Å². The zero-order chi connectivity index (χ0) is 13.1. The molecule has 2 heterocycles. The van der Waals surface area contributed by atoms with Crippen molar-refractivity contribution in [3.05, 3.63) is 47.9 Å². The summed E-state index contributed by atoms with van der Waals surface area (Å²) in [6.45, 7) is 2.92. The molecule has 5 nitrogen and oxygen atoms in total. The Labute approximate surface area is 111 Å². The van der Waals surface area contributed by atoms with Crippen molar-refractivity contribution in [1.29, 1.82) is 0 Å². The summed E-state index contributed by atoms with van der Waals surface area (Å²) < 4.78 is 0. The molecule has 0 spiro atoms. The quantitative estimate of drug-likeness (QED) is 0.749. The van der Waals surface area contributed by atoms with Gasteiger partial charge in [-0.3, -0.25) is 5.10 Å². The largest absolute Gasteiger partial charge is 0.365 e. The van der Waals surface area contributed by atoms with Crippen LogP contribution in [0.25, 0.3) is 11.0 Å². The molecule has 3 aromatic rings. The zero-order valence-corrected chi connectivity index (χ0v) is 10.7. The number of hydrogen-bond acceptors (Lipinski definition) is 4. The van der Waals surface area contributed by atoms with Gasteiger partial charge in [0.05, 0.1) is 11.6 Å². The molecule has 96 valence electrons. The first-order valence-corrected chi connectivity index (χ1v) is 6.33. The van der Waals surface area contributed by atoms with Gasteiger partial charge in [0.25, 0.3) is 0 Å². The smallest absolute Gasteiger partial charge is 0.160 e. The Bertz CT molecular complexity index is 689. The molecule has 1 aromatic carbocycles. The number of rotatable bonds is 4. The van der Waals surface area contributed by atoms with Crippen LogP contribution >= 0.6 is 0 Å². The van der Waals surface area contributed by atoms with E-state index in [0.717, 1.165) is 29.8 Å². The van der Waals surface area contributed by atoms with Gasteiger partial charge < -0.3 is 5.32 Å². The van der Waals surface area contributed by atoms with Crippen molar-refractivity contribution < 1.29 is 0 Å². The molecule has 0 aliphatic carbocycles. The number of nitrogens with one attached hydrogen (secondary N) is 2. The van der Waals surface area contributed by atoms with E-state index in [0.29, 0.717) is 0 Å². The lowest BCUT2D eigenvalue weighted by Gasteiger charge is -2.09. The summed E-state index contributed by atoms with van der Waals surface area (Å²) in [5.41, 5.74) is 3.40. The van der Waals surface area contributed by atoms with Crippen molar-refractivity contribution in [1.82, 2.24) is 20.2 Å². The van der Waals surface area contributed by atoms with Gasteiger partial charge in [-0.2, -0.15) is 5.10 Å². The van der Waals surface area contributed by atoms with Crippen LogP contribution in [0.4, 0.5) is 5.82 Å². The predicted octanol–water partition coefficient (Wildman–Crippen LogP) is 2.53. The SMILES string of the molecule is CCc1ccccc1CNc1ncnc2[nH]ncc12. The summed E-state index contributed by atoms with van der Waals surface area (Å²) in [4.78, 5) is 8.39. The van der Waals surface area contributed by atoms with Crippen LogP contribution in [0, 0.1) is 0 Å². The molecule has 2 aromatic heterocycles. The highest BCUT2D eigenvalue weighted by Gasteiger charge is 2.05. The van der Waals surface area contributed by atoms with Crippen molar-refractivity contribution in [3.63, 3.8) is 0 Å². The molecule has 0 aliphatic heterocycles. The fourth-order valence-electron chi connectivity index (χ4n) is 2.16. The van der Waals surface area contributed by atoms with Gasteiger partial charge in [0, 0.05) is 6.54 Å². The lowest BCUT2D eigenvalue weighted by molar-refractivity contribution is 1.03. The van der Waals surface area contributed by atoms with E-state index in [1.807, 2.05) is 0 Å². The molecule has 0 atom stereocenters. The second-order valence-electron chi connectivity index (χ2n) is 4.33. The Kier molecular flexibility index (Phi) is 3.10. The van der Waals surface area contributed by atoms with Crippen LogP contribution in [0.3, 0.4) is 0 Å². The van der Waals surface area contributed by atoms with Gasteiger partial charge in [-0.05, 0) is 17.5 Å². The lowest BCUT2D eigenvalue weighted by Crippen LogP contribution is -2.04. The van der Waals surface area contributed by atoms with E-state index >= 15 is 0 Å². The summed E-state index contributed by atoms with van der Waals surface area (Å²) in [5, 5.41) is 11.1. The highest BCUT2D eigenvalue weighted by atomic mass is 15.2. The van der Waals surface area contributed by atoms with Gasteiger partial charge in [0.15, 0.2) is 5.65 Å². The summed E-state index contributed by atoms with van der Waals surface area (Å²) >= 11 is 0. The van der Waals surface area contributed by atoms with Gasteiger partial charge in [-0.15, -0.1) is 0 Å². The van der Waals surface area contributed by atoms with E-state index in [1.54, 1.807) is 6.20 Å². The van der Waals surface area contributed by atoms with Crippen LogP contribution in [-0.2, 0) is 13.0 Å². The third-order valence-electron chi connectivity index (χ3n) is 3.19. The molecule has 19 heavy (non-hydrogen) atoms. The van der Waals surface area contributed by atoms with Crippen molar-refractivity contribution in [3.8, 4) is 0 Å². The van der Waals surface area contributed by atoms with Crippen molar-refractivity contribution in [2.45, 2.75) is 19.9 Å². The Hall–Kier alpha value is -2.43. The fourth-order valence-corrected chi connectivity index (χ4v) is 2.16. The maximum Gasteiger partial charge on any atom is 0.160 e. The normalized spacial score (nSPS) is 10.8. The van der Waals surface area contributed by atoms with E-state index < -0.39 is 0 Å². The second-order valence-corrected chi connectivity index (χ2v) is 4.33. The number of aryl methyl sites for hydroxylation is 1. The topological polar surface area (TPSA) is 66.5 Å². The Balaban J connectivity index is 1.84. The predicted molar refractivity (Wildman–Crippen MR) is 74.8 cm³/mol. The first-order chi connectivity index (χ1) is 9.38. The van der Waals surface area contributed by atoms with E-state index in [4.69, 9.17) is 0 Å². The van der Waals surface area contributed by atoms with Gasteiger partial charge in [0.1, 0.15) is 12.1 Å². The van der Waals surface area contributed by atoms with E-state index in [9.17, 15) is 0 Å². The number of anilines is 1. The van der Waals surface area contributed by atoms with Crippen LogP contribution in [0.1, 0.15) is 18.1 Å². The maximum atomic E-state index is 4.27. The molecule has 0 fully saturated rings. The number of fused-ring (bicyclic) bond motifs is 1. The van der Waals surface area contributed by atoms with Crippen molar-refractivity contribution in [2.75, 3.05) is 5.32 Å². The number of hydrogen-bond donors (Lipinski definition) is 2. The average molecular weight is 253 g/mol. The van der Waals surface area contributed by atoms with E-state index in [1.165, 1.54) is 17.5 Å². The molecule has 0 radical (unpaired) electrons. The summed E-state index contributed by atoms with van der Waals surface area (Å²) in [7, 11) is 0. The molecule has 0 aliphatic rings. The van der Waals surface area contributed by atoms with Crippen molar-refractivity contribution in [2.24, 2.45) is 0 Å². The number of aromatic nitrogens is 4. The standard InChI is InChI=1S/C14H15N5/c1-2-10-5-3-4-6-11(10)7-15-13-12-8-18-19-14(12)17-9-16-13/h3-6,8-9H,2,7H2,1H3,(H2,15,16,17,18,19). The molecule has 0 unspecified atom stereocenters. The van der Waals surface area contributed by atoms with Crippen molar-refractivity contribution >= 4 is 16.9 Å². The third kappa shape index (κ3) is 2.27. The van der Waals surface area contributed by atoms with Crippen LogP contribution in [0.15, 0.2) is 36.8 Å². The second kappa shape index (κ2) is 5.06. The Morgan fingerprint density at radius 3 is 2.84 bits per heavy atom.